The van der Waals surface area contributed by atoms with E-state index in [1.165, 1.54) is 5.56 Å². The average molecular weight is 607 g/mol. The van der Waals surface area contributed by atoms with Crippen molar-refractivity contribution in [1.29, 1.82) is 0 Å². The maximum absolute atomic E-state index is 12.1. The number of ether oxygens (including phenoxy) is 1. The van der Waals surface area contributed by atoms with Gasteiger partial charge in [0.15, 0.2) is 0 Å². The number of amides is 1. The van der Waals surface area contributed by atoms with Crippen LogP contribution in [0.25, 0.3) is 0 Å². The monoisotopic (exact) mass is 607 g/mol. The van der Waals surface area contributed by atoms with Gasteiger partial charge >= 0.3 is 0 Å². The number of aliphatic hydroxyl groups excluding tert-OH is 1. The fourth-order valence-corrected chi connectivity index (χ4v) is 7.75. The molecular formula is C35H66N4O4. The van der Waals surface area contributed by atoms with E-state index in [1.807, 2.05) is 62.3 Å². The molecule has 8 nitrogen and oxygen atoms in total. The van der Waals surface area contributed by atoms with E-state index in [-0.39, 0.29) is 17.5 Å². The number of fused-ring (bicyclic) bond motifs is 1. The Balaban J connectivity index is 0.00000101. The van der Waals surface area contributed by atoms with Crippen molar-refractivity contribution in [2.24, 2.45) is 11.1 Å². The summed E-state index contributed by atoms with van der Waals surface area (Å²) in [7, 11) is 3.77. The van der Waals surface area contributed by atoms with Crippen molar-refractivity contribution in [2.75, 3.05) is 45.2 Å². The molecule has 5 N–H and O–H groups in total. The molecule has 0 bridgehead atoms. The van der Waals surface area contributed by atoms with Crippen molar-refractivity contribution in [3.63, 3.8) is 0 Å². The quantitative estimate of drug-likeness (QED) is 0.184. The number of likely N-dealkylation sites (N-methyl/N-ethyl adjacent to an activating group) is 1. The highest BCUT2D eigenvalue weighted by atomic mass is 16.5. The van der Waals surface area contributed by atoms with Crippen molar-refractivity contribution in [2.45, 2.75) is 124 Å². The largest absolute Gasteiger partial charge is 0.497 e. The second kappa shape index (κ2) is 19.3. The average Bonchev–Trinajstić information content (AvgIpc) is 3.59. The molecule has 4 aliphatic rings. The molecule has 2 fully saturated rings. The van der Waals surface area contributed by atoms with E-state index in [0.717, 1.165) is 43.8 Å². The number of carbonyl (C=O) groups is 1. The van der Waals surface area contributed by atoms with Gasteiger partial charge in [-0.15, -0.1) is 0 Å². The van der Waals surface area contributed by atoms with Crippen molar-refractivity contribution >= 4 is 12.1 Å². The van der Waals surface area contributed by atoms with E-state index in [2.05, 4.69) is 59.4 Å². The summed E-state index contributed by atoms with van der Waals surface area (Å²) in [6.07, 6.45) is 7.51. The topological polar surface area (TPSA) is 111 Å². The third kappa shape index (κ3) is 7.08. The van der Waals surface area contributed by atoms with Crippen LogP contribution in [-0.2, 0) is 10.2 Å². The first kappa shape index (κ1) is 40.9. The number of nitrogens with zero attached hydrogens (tertiary/aromatic N) is 2. The van der Waals surface area contributed by atoms with E-state index in [4.69, 9.17) is 10.5 Å². The van der Waals surface area contributed by atoms with Crippen LogP contribution in [0.3, 0.4) is 0 Å². The Kier molecular flexibility index (Phi) is 18.3. The van der Waals surface area contributed by atoms with Gasteiger partial charge in [-0.25, -0.2) is 0 Å². The van der Waals surface area contributed by atoms with Crippen molar-refractivity contribution in [1.82, 2.24) is 10.2 Å². The maximum Gasteiger partial charge on any atom is 0.207 e. The lowest BCUT2D eigenvalue weighted by atomic mass is 9.47. The first-order chi connectivity index (χ1) is 20.8. The number of aliphatic hydroxyl groups is 2. The van der Waals surface area contributed by atoms with Crippen LogP contribution >= 0.6 is 0 Å². The number of methoxy groups -OCH3 is 1. The lowest BCUT2D eigenvalue weighted by Gasteiger charge is -2.64. The van der Waals surface area contributed by atoms with Crippen molar-refractivity contribution in [3.05, 3.63) is 35.9 Å². The van der Waals surface area contributed by atoms with Gasteiger partial charge in [0.05, 0.1) is 19.3 Å². The van der Waals surface area contributed by atoms with Gasteiger partial charge in [0, 0.05) is 48.8 Å². The molecule has 1 saturated heterocycles. The van der Waals surface area contributed by atoms with Crippen molar-refractivity contribution < 1.29 is 19.7 Å². The molecule has 3 aliphatic heterocycles. The minimum absolute atomic E-state index is 0.150. The molecule has 1 saturated carbocycles. The molecule has 8 heteroatoms. The number of anilines is 1. The van der Waals surface area contributed by atoms with Gasteiger partial charge < -0.3 is 30.9 Å². The summed E-state index contributed by atoms with van der Waals surface area (Å²) >= 11 is 0. The van der Waals surface area contributed by atoms with Crippen molar-refractivity contribution in [3.8, 4) is 5.75 Å². The Labute approximate surface area is 264 Å². The smallest absolute Gasteiger partial charge is 0.207 e. The Morgan fingerprint density at radius 2 is 1.70 bits per heavy atom. The first-order valence-corrected chi connectivity index (χ1v) is 16.9. The molecule has 0 aromatic heterocycles. The Morgan fingerprint density at radius 1 is 1.07 bits per heavy atom. The minimum Gasteiger partial charge on any atom is -0.497 e. The van der Waals surface area contributed by atoms with Crippen LogP contribution in [0.4, 0.5) is 5.69 Å². The predicted molar refractivity (Wildman–Crippen MR) is 183 cm³/mol. The second-order valence-electron chi connectivity index (χ2n) is 10.4. The lowest BCUT2D eigenvalue weighted by molar-refractivity contribution is -0.200. The van der Waals surface area contributed by atoms with Crippen LogP contribution in [0.5, 0.6) is 5.75 Å². The van der Waals surface area contributed by atoms with Crippen LogP contribution in [-0.4, -0.2) is 85.6 Å². The van der Waals surface area contributed by atoms with Gasteiger partial charge in [0.25, 0.3) is 0 Å². The molecule has 0 radical (unpaired) electrons. The number of benzene rings is 1. The molecule has 3 heterocycles. The Morgan fingerprint density at radius 3 is 2.21 bits per heavy atom. The molecule has 43 heavy (non-hydrogen) atoms. The lowest BCUT2D eigenvalue weighted by Crippen LogP contribution is -2.78. The summed E-state index contributed by atoms with van der Waals surface area (Å²) in [5.41, 5.74) is 5.75. The molecule has 1 aromatic rings. The zero-order valence-electron chi connectivity index (χ0n) is 29.5. The van der Waals surface area contributed by atoms with E-state index >= 15 is 0 Å². The zero-order valence-corrected chi connectivity index (χ0v) is 29.5. The third-order valence-electron chi connectivity index (χ3n) is 9.15. The van der Waals surface area contributed by atoms with Crippen LogP contribution in [0.2, 0.25) is 0 Å². The van der Waals surface area contributed by atoms with Crippen LogP contribution < -0.4 is 20.7 Å². The Hall–Kier alpha value is -2.13. The summed E-state index contributed by atoms with van der Waals surface area (Å²) in [6, 6.07) is 6.40. The zero-order chi connectivity index (χ0) is 33.4. The predicted octanol–water partition coefficient (Wildman–Crippen LogP) is 5.49. The molecule has 1 aromatic carbocycles. The van der Waals surface area contributed by atoms with Crippen LogP contribution in [0.1, 0.15) is 100 Å². The summed E-state index contributed by atoms with van der Waals surface area (Å²) in [5.74, 6) is 0.835. The number of hydrogen-bond acceptors (Lipinski definition) is 7. The SMILES string of the molecule is CC.CC.CC.CC.CC[C@]1(O)C2N(C)c3cc(OC)ccc3C23CCN2CC=C[C@](CC)(C23)C1O.NCCCNC=O. The molecular weight excluding hydrogens is 540 g/mol. The molecule has 4 unspecified atom stereocenters. The normalized spacial score (nSPS) is 30.3. The highest BCUT2D eigenvalue weighted by Gasteiger charge is 2.76. The number of carbonyl (C=O) groups excluding carboxylic acids is 1. The number of hydrogen-bond donors (Lipinski definition) is 4. The number of rotatable bonds is 7. The van der Waals surface area contributed by atoms with Gasteiger partial charge in [0.1, 0.15) is 11.4 Å². The summed E-state index contributed by atoms with van der Waals surface area (Å²) in [5, 5.41) is 26.3. The van der Waals surface area contributed by atoms with Gasteiger partial charge in [-0.05, 0) is 50.4 Å². The van der Waals surface area contributed by atoms with E-state index < -0.39 is 17.1 Å². The minimum atomic E-state index is -1.18. The summed E-state index contributed by atoms with van der Waals surface area (Å²) in [6.45, 7) is 23.4. The molecule has 250 valence electrons. The van der Waals surface area contributed by atoms with E-state index in [1.54, 1.807) is 7.11 Å². The van der Waals surface area contributed by atoms with E-state index in [9.17, 15) is 15.0 Å². The molecule has 1 aliphatic carbocycles. The first-order valence-electron chi connectivity index (χ1n) is 16.9. The van der Waals surface area contributed by atoms with Gasteiger partial charge in [-0.2, -0.15) is 0 Å². The second-order valence-corrected chi connectivity index (χ2v) is 10.4. The maximum atomic E-state index is 12.1. The van der Waals surface area contributed by atoms with Gasteiger partial charge in [-0.3, -0.25) is 9.69 Å². The molecule has 1 amide bonds. The molecule has 5 rings (SSSR count). The van der Waals surface area contributed by atoms with Gasteiger partial charge in [0.2, 0.25) is 6.41 Å². The summed E-state index contributed by atoms with van der Waals surface area (Å²) < 4.78 is 5.51. The number of nitrogens with two attached hydrogens (primary N) is 1. The standard InChI is InChI=1S/C23H32N2O3.C4H10N2O.4C2H6/c1-5-21-10-7-12-25-13-11-22(18(21)25)16-9-8-15(28-4)14-17(16)24(3)19(22)23(27,6-2)20(21)26;5-2-1-3-6-4-7;4*1-2/h7-10,14,18-20,26-27H,5-6,11-13H2,1-4H3;4H,1-3,5H2,(H,6,7);4*1-2H3/t18?,19?,20?,21-,22?,23+;;;;;/m1...../s1. The summed E-state index contributed by atoms with van der Waals surface area (Å²) in [4.78, 5) is 14.3. The van der Waals surface area contributed by atoms with Crippen LogP contribution in [0.15, 0.2) is 30.4 Å². The van der Waals surface area contributed by atoms with E-state index in [0.29, 0.717) is 25.9 Å². The fraction of sp³-hybridized carbons (Fsp3) is 0.743. The van der Waals surface area contributed by atoms with Crippen LogP contribution in [0, 0.1) is 5.41 Å². The van der Waals surface area contributed by atoms with Gasteiger partial charge in [-0.1, -0.05) is 87.5 Å². The Bertz CT molecular complexity index is 960. The molecule has 1 spiro atoms. The highest BCUT2D eigenvalue weighted by Crippen LogP contribution is 2.67. The fourth-order valence-electron chi connectivity index (χ4n) is 7.75. The third-order valence-corrected chi connectivity index (χ3v) is 9.15. The highest BCUT2D eigenvalue weighted by molar-refractivity contribution is 5.70. The number of nitrogens with one attached hydrogen (secondary N) is 1. The molecule has 6 atom stereocenters.